The van der Waals surface area contributed by atoms with Crippen molar-refractivity contribution in [1.29, 1.82) is 0 Å². The van der Waals surface area contributed by atoms with Crippen molar-refractivity contribution in [2.24, 2.45) is 0 Å². The molecule has 0 atom stereocenters. The fourth-order valence-electron chi connectivity index (χ4n) is 5.23. The van der Waals surface area contributed by atoms with Crippen molar-refractivity contribution >= 4 is 51.7 Å². The molecule has 1 N–H and O–H groups in total. The van der Waals surface area contributed by atoms with E-state index in [1.54, 1.807) is 42.3 Å². The van der Waals surface area contributed by atoms with Crippen LogP contribution in [0.15, 0.2) is 79.0 Å². The molecule has 9 nitrogen and oxygen atoms in total. The summed E-state index contributed by atoms with van der Waals surface area (Å²) in [6.07, 6.45) is 3.54. The van der Waals surface area contributed by atoms with Crippen molar-refractivity contribution < 1.29 is 18.8 Å². The molecule has 2 aromatic carbocycles. The number of rotatable bonds is 9. The average molecular weight is 597 g/mol. The third kappa shape index (κ3) is 6.02. The predicted octanol–water partition coefficient (Wildman–Crippen LogP) is 5.84. The van der Waals surface area contributed by atoms with Crippen LogP contribution in [0, 0.1) is 5.95 Å². The lowest BCUT2D eigenvalue weighted by Crippen LogP contribution is -2.26. The summed E-state index contributed by atoms with van der Waals surface area (Å²) in [6, 6.07) is 21.1. The summed E-state index contributed by atoms with van der Waals surface area (Å²) < 4.78 is 15.6. The maximum atomic E-state index is 13.6. The van der Waals surface area contributed by atoms with Gasteiger partial charge in [0.2, 0.25) is 17.8 Å². The molecule has 1 aliphatic rings. The molecule has 11 heteroatoms. The minimum Gasteiger partial charge on any atom is -0.343 e. The molecule has 1 fully saturated rings. The molecular formula is C32H29FN6O3S. The number of fused-ring (bicyclic) bond motifs is 1. The Balaban J connectivity index is 1.27. The smallest absolute Gasteiger partial charge is 0.268 e. The number of halogens is 1. The number of hydrogen-bond donors (Lipinski definition) is 1. The molecule has 43 heavy (non-hydrogen) atoms. The van der Waals surface area contributed by atoms with Crippen molar-refractivity contribution in [3.8, 4) is 10.4 Å². The molecule has 5 aromatic rings. The van der Waals surface area contributed by atoms with E-state index in [0.717, 1.165) is 23.4 Å². The molecule has 0 unspecified atom stereocenters. The zero-order valence-corrected chi connectivity index (χ0v) is 24.3. The number of amides is 3. The Hall–Kier alpha value is -4.90. The van der Waals surface area contributed by atoms with Crippen LogP contribution in [0.1, 0.15) is 39.3 Å². The summed E-state index contributed by atoms with van der Waals surface area (Å²) in [5.74, 6) is -0.537. The first-order chi connectivity index (χ1) is 20.9. The molecule has 4 heterocycles. The van der Waals surface area contributed by atoms with Crippen LogP contribution in [0.3, 0.4) is 0 Å². The van der Waals surface area contributed by atoms with Gasteiger partial charge in [-0.15, -0.1) is 11.3 Å². The Morgan fingerprint density at radius 2 is 1.88 bits per heavy atom. The van der Waals surface area contributed by atoms with Gasteiger partial charge in [0.1, 0.15) is 0 Å². The molecule has 1 aliphatic heterocycles. The van der Waals surface area contributed by atoms with Crippen LogP contribution in [0.2, 0.25) is 0 Å². The number of pyridine rings is 1. The van der Waals surface area contributed by atoms with Crippen molar-refractivity contribution in [1.82, 2.24) is 19.4 Å². The van der Waals surface area contributed by atoms with Crippen molar-refractivity contribution in [3.05, 3.63) is 95.4 Å². The molecule has 218 valence electrons. The first-order valence-corrected chi connectivity index (χ1v) is 14.8. The van der Waals surface area contributed by atoms with Gasteiger partial charge in [-0.2, -0.15) is 4.39 Å². The van der Waals surface area contributed by atoms with Gasteiger partial charge in [-0.3, -0.25) is 19.7 Å². The maximum absolute atomic E-state index is 13.6. The zero-order valence-electron chi connectivity index (χ0n) is 23.5. The van der Waals surface area contributed by atoms with Gasteiger partial charge in [0.25, 0.3) is 11.8 Å². The van der Waals surface area contributed by atoms with Crippen LogP contribution in [0.4, 0.5) is 16.0 Å². The highest BCUT2D eigenvalue weighted by Gasteiger charge is 2.22. The molecule has 1 saturated heterocycles. The van der Waals surface area contributed by atoms with Gasteiger partial charge in [0.05, 0.1) is 15.9 Å². The minimum absolute atomic E-state index is 0.147. The Labute approximate surface area is 251 Å². The average Bonchev–Trinajstić information content (AvgIpc) is 3.76. The van der Waals surface area contributed by atoms with Gasteiger partial charge in [0.15, 0.2) is 0 Å². The number of carbonyl (C=O) groups excluding carboxylic acids is 3. The number of likely N-dealkylation sites (tertiary alicyclic amines) is 1. The summed E-state index contributed by atoms with van der Waals surface area (Å²) >= 11 is 1.25. The summed E-state index contributed by atoms with van der Waals surface area (Å²) in [5, 5.41) is 2.95. The van der Waals surface area contributed by atoms with Crippen molar-refractivity contribution in [2.75, 3.05) is 30.4 Å². The lowest BCUT2D eigenvalue weighted by atomic mass is 10.2. The molecule has 0 saturated carbocycles. The first kappa shape index (κ1) is 28.2. The van der Waals surface area contributed by atoms with E-state index in [1.165, 1.54) is 23.6 Å². The number of benzene rings is 2. The van der Waals surface area contributed by atoms with E-state index in [0.29, 0.717) is 59.1 Å². The number of thiophene rings is 1. The Morgan fingerprint density at radius 1 is 1.05 bits per heavy atom. The van der Waals surface area contributed by atoms with Crippen LogP contribution in [0.25, 0.3) is 21.5 Å². The van der Waals surface area contributed by atoms with Gasteiger partial charge >= 0.3 is 0 Å². The van der Waals surface area contributed by atoms with Crippen LogP contribution in [0.5, 0.6) is 0 Å². The molecule has 0 radical (unpaired) electrons. The molecule has 3 amide bonds. The lowest BCUT2D eigenvalue weighted by Gasteiger charge is -2.18. The second-order valence-corrected chi connectivity index (χ2v) is 11.4. The molecule has 6 rings (SSSR count). The van der Waals surface area contributed by atoms with Gasteiger partial charge in [0, 0.05) is 61.5 Å². The van der Waals surface area contributed by atoms with Gasteiger partial charge in [-0.25, -0.2) is 9.97 Å². The first-order valence-electron chi connectivity index (χ1n) is 14.0. The van der Waals surface area contributed by atoms with Crippen LogP contribution >= 0.6 is 11.3 Å². The summed E-state index contributed by atoms with van der Waals surface area (Å²) in [7, 11) is 1.71. The largest absolute Gasteiger partial charge is 0.343 e. The summed E-state index contributed by atoms with van der Waals surface area (Å²) in [6.45, 7) is 1.91. The third-order valence-corrected chi connectivity index (χ3v) is 8.62. The van der Waals surface area contributed by atoms with Crippen LogP contribution in [-0.2, 0) is 11.3 Å². The quantitative estimate of drug-likeness (QED) is 0.216. The fraction of sp³-hybridized carbons (Fsp3) is 0.219. The van der Waals surface area contributed by atoms with Crippen molar-refractivity contribution in [3.63, 3.8) is 0 Å². The summed E-state index contributed by atoms with van der Waals surface area (Å²) in [5.41, 5.74) is 3.30. The number of aryl methyl sites for hydroxylation is 1. The minimum atomic E-state index is -0.586. The van der Waals surface area contributed by atoms with E-state index in [9.17, 15) is 18.8 Å². The van der Waals surface area contributed by atoms with Crippen LogP contribution in [-0.4, -0.2) is 57.3 Å². The second-order valence-electron chi connectivity index (χ2n) is 10.3. The van der Waals surface area contributed by atoms with E-state index >= 15 is 0 Å². The maximum Gasteiger partial charge on any atom is 0.268 e. The monoisotopic (exact) mass is 596 g/mol. The highest BCUT2D eigenvalue weighted by Crippen LogP contribution is 2.30. The Kier molecular flexibility index (Phi) is 7.97. The number of imidazole rings is 1. The third-order valence-electron chi connectivity index (χ3n) is 7.49. The highest BCUT2D eigenvalue weighted by atomic mass is 32.1. The van der Waals surface area contributed by atoms with E-state index in [2.05, 4.69) is 10.3 Å². The second kappa shape index (κ2) is 12.1. The molecule has 0 bridgehead atoms. The highest BCUT2D eigenvalue weighted by molar-refractivity contribution is 7.17. The standard InChI is InChI=1S/C32H29FN6O3S/c1-37(31(42)21-7-3-2-4-8-21)23-10-11-25-24(20-23)35-32(39(25)18-6-17-38-16-5-9-29(38)40)36-30(41)27-13-12-26(43-27)22-14-15-34-28(33)19-22/h2-4,7-8,10-15,19-20H,5-6,9,16-18H2,1H3,(H,35,36,41). The van der Waals surface area contributed by atoms with Gasteiger partial charge in [-0.05, 0) is 66.9 Å². The van der Waals surface area contributed by atoms with E-state index < -0.39 is 5.95 Å². The number of carbonyl (C=O) groups is 3. The van der Waals surface area contributed by atoms with Crippen molar-refractivity contribution in [2.45, 2.75) is 25.8 Å². The lowest BCUT2D eigenvalue weighted by molar-refractivity contribution is -0.127. The molecule has 0 aliphatic carbocycles. The Morgan fingerprint density at radius 3 is 2.65 bits per heavy atom. The zero-order chi connectivity index (χ0) is 29.9. The van der Waals surface area contributed by atoms with E-state index in [4.69, 9.17) is 4.98 Å². The normalized spacial score (nSPS) is 13.1. The van der Waals surface area contributed by atoms with Gasteiger partial charge < -0.3 is 14.4 Å². The van der Waals surface area contributed by atoms with Crippen LogP contribution < -0.4 is 10.2 Å². The summed E-state index contributed by atoms with van der Waals surface area (Å²) in [4.78, 5) is 51.5. The SMILES string of the molecule is CN(C(=O)c1ccccc1)c1ccc2c(c1)nc(NC(=O)c1ccc(-c3ccnc(F)c3)s1)n2CCCN1CCCC1=O. The Bertz CT molecular complexity index is 1820. The predicted molar refractivity (Wildman–Crippen MR) is 165 cm³/mol. The number of hydrogen-bond acceptors (Lipinski definition) is 6. The van der Waals surface area contributed by atoms with Gasteiger partial charge in [-0.1, -0.05) is 18.2 Å². The van der Waals surface area contributed by atoms with E-state index in [1.807, 2.05) is 45.9 Å². The number of nitrogens with zero attached hydrogens (tertiary/aromatic N) is 5. The number of anilines is 2. The molecule has 0 spiro atoms. The molecule has 3 aromatic heterocycles. The number of nitrogens with one attached hydrogen (secondary N) is 1. The fourth-order valence-corrected chi connectivity index (χ4v) is 6.13. The molecular weight excluding hydrogens is 567 g/mol. The van der Waals surface area contributed by atoms with E-state index in [-0.39, 0.29) is 17.7 Å². The number of aromatic nitrogens is 3. The topological polar surface area (TPSA) is 100 Å².